The van der Waals surface area contributed by atoms with E-state index in [1.165, 1.54) is 0 Å². The van der Waals surface area contributed by atoms with Gasteiger partial charge in [0.05, 0.1) is 19.3 Å². The summed E-state index contributed by atoms with van der Waals surface area (Å²) in [7, 11) is 0. The van der Waals surface area contributed by atoms with Crippen LogP contribution in [0.25, 0.3) is 0 Å². The van der Waals surface area contributed by atoms with Gasteiger partial charge in [-0.3, -0.25) is 0 Å². The van der Waals surface area contributed by atoms with Crippen LogP contribution < -0.4 is 10.1 Å². The summed E-state index contributed by atoms with van der Waals surface area (Å²) in [5, 5.41) is 3.43. The standard InChI is InChI=1S/C15H26N2O2/c1-5-10-19-14-8-7-9-16-15(14)17-13(12(3)4)11-18-6-2/h7-9,12-13H,5-6,10-11H2,1-4H3,(H,16,17). The summed E-state index contributed by atoms with van der Waals surface area (Å²) in [5.74, 6) is 2.08. The predicted molar refractivity (Wildman–Crippen MR) is 78.8 cm³/mol. The van der Waals surface area contributed by atoms with Crippen molar-refractivity contribution < 1.29 is 9.47 Å². The van der Waals surface area contributed by atoms with Crippen LogP contribution in [0.3, 0.4) is 0 Å². The zero-order valence-corrected chi connectivity index (χ0v) is 12.5. The molecule has 0 radical (unpaired) electrons. The van der Waals surface area contributed by atoms with Crippen LogP contribution in [0.1, 0.15) is 34.1 Å². The van der Waals surface area contributed by atoms with E-state index in [1.807, 2.05) is 19.1 Å². The fraction of sp³-hybridized carbons (Fsp3) is 0.667. The number of pyridine rings is 1. The first-order chi connectivity index (χ1) is 9.19. The van der Waals surface area contributed by atoms with E-state index >= 15 is 0 Å². The Bertz CT molecular complexity index is 356. The molecule has 1 aromatic heterocycles. The molecular formula is C15H26N2O2. The zero-order valence-electron chi connectivity index (χ0n) is 12.5. The quantitative estimate of drug-likeness (QED) is 0.744. The van der Waals surface area contributed by atoms with Crippen LogP contribution in [0.4, 0.5) is 5.82 Å². The van der Waals surface area contributed by atoms with Gasteiger partial charge >= 0.3 is 0 Å². The molecule has 4 nitrogen and oxygen atoms in total. The summed E-state index contributed by atoms with van der Waals surface area (Å²) >= 11 is 0. The molecule has 0 aliphatic carbocycles. The Hall–Kier alpha value is -1.29. The minimum atomic E-state index is 0.235. The Labute approximate surface area is 116 Å². The van der Waals surface area contributed by atoms with E-state index in [1.54, 1.807) is 6.20 Å². The van der Waals surface area contributed by atoms with Crippen molar-refractivity contribution >= 4 is 5.82 Å². The monoisotopic (exact) mass is 266 g/mol. The maximum Gasteiger partial charge on any atom is 0.169 e. The van der Waals surface area contributed by atoms with Crippen molar-refractivity contribution in [1.29, 1.82) is 0 Å². The highest BCUT2D eigenvalue weighted by molar-refractivity contribution is 5.50. The molecule has 0 aliphatic heterocycles. The molecule has 0 fully saturated rings. The SMILES string of the molecule is CCCOc1cccnc1NC(COCC)C(C)C. The number of nitrogens with zero attached hydrogens (tertiary/aromatic N) is 1. The minimum Gasteiger partial charge on any atom is -0.490 e. The van der Waals surface area contributed by atoms with Crippen molar-refractivity contribution in [2.75, 3.05) is 25.1 Å². The molecule has 4 heteroatoms. The molecule has 1 atom stereocenters. The van der Waals surface area contributed by atoms with Gasteiger partial charge in [-0.1, -0.05) is 20.8 Å². The number of hydrogen-bond donors (Lipinski definition) is 1. The molecule has 0 bridgehead atoms. The van der Waals surface area contributed by atoms with E-state index in [4.69, 9.17) is 9.47 Å². The van der Waals surface area contributed by atoms with Crippen LogP contribution in [-0.2, 0) is 4.74 Å². The molecule has 0 spiro atoms. The summed E-state index contributed by atoms with van der Waals surface area (Å²) in [6, 6.07) is 4.07. The first-order valence-electron chi connectivity index (χ1n) is 7.11. The molecule has 108 valence electrons. The van der Waals surface area contributed by atoms with E-state index in [0.717, 1.165) is 24.6 Å². The Morgan fingerprint density at radius 3 is 2.74 bits per heavy atom. The van der Waals surface area contributed by atoms with Crippen molar-refractivity contribution in [3.05, 3.63) is 18.3 Å². The Morgan fingerprint density at radius 2 is 2.11 bits per heavy atom. The molecule has 0 saturated heterocycles. The second-order valence-electron chi connectivity index (χ2n) is 4.85. The zero-order chi connectivity index (χ0) is 14.1. The van der Waals surface area contributed by atoms with E-state index < -0.39 is 0 Å². The molecule has 0 saturated carbocycles. The normalized spacial score (nSPS) is 12.5. The van der Waals surface area contributed by atoms with Crippen molar-refractivity contribution in [1.82, 2.24) is 4.98 Å². The number of rotatable bonds is 9. The molecule has 1 aromatic rings. The second-order valence-corrected chi connectivity index (χ2v) is 4.85. The van der Waals surface area contributed by atoms with Crippen LogP contribution in [0.2, 0.25) is 0 Å². The maximum absolute atomic E-state index is 5.71. The highest BCUT2D eigenvalue weighted by Crippen LogP contribution is 2.23. The van der Waals surface area contributed by atoms with Gasteiger partial charge in [-0.2, -0.15) is 0 Å². The third-order valence-electron chi connectivity index (χ3n) is 2.86. The second kappa shape index (κ2) is 8.75. The van der Waals surface area contributed by atoms with Gasteiger partial charge < -0.3 is 14.8 Å². The fourth-order valence-electron chi connectivity index (χ4n) is 1.65. The average Bonchev–Trinajstić information content (AvgIpc) is 2.41. The number of ether oxygens (including phenoxy) is 2. The lowest BCUT2D eigenvalue weighted by Crippen LogP contribution is -2.31. The van der Waals surface area contributed by atoms with Gasteiger partial charge in [-0.25, -0.2) is 4.98 Å². The highest BCUT2D eigenvalue weighted by Gasteiger charge is 2.16. The van der Waals surface area contributed by atoms with E-state index in [2.05, 4.69) is 31.1 Å². The van der Waals surface area contributed by atoms with Gasteiger partial charge in [0, 0.05) is 12.8 Å². The van der Waals surface area contributed by atoms with E-state index in [0.29, 0.717) is 19.1 Å². The first kappa shape index (κ1) is 15.8. The molecule has 1 rings (SSSR count). The first-order valence-corrected chi connectivity index (χ1v) is 7.11. The van der Waals surface area contributed by atoms with E-state index in [-0.39, 0.29) is 6.04 Å². The topological polar surface area (TPSA) is 43.4 Å². The summed E-state index contributed by atoms with van der Waals surface area (Å²) in [5.41, 5.74) is 0. The molecule has 1 unspecified atom stereocenters. The van der Waals surface area contributed by atoms with Crippen LogP contribution in [0, 0.1) is 5.92 Å². The predicted octanol–water partition coefficient (Wildman–Crippen LogP) is 3.34. The van der Waals surface area contributed by atoms with Gasteiger partial charge in [0.2, 0.25) is 0 Å². The molecule has 1 N–H and O–H groups in total. The Kier molecular flexibility index (Phi) is 7.26. The van der Waals surface area contributed by atoms with Crippen LogP contribution in [0.15, 0.2) is 18.3 Å². The molecular weight excluding hydrogens is 240 g/mol. The third kappa shape index (κ3) is 5.47. The van der Waals surface area contributed by atoms with E-state index in [9.17, 15) is 0 Å². The largest absolute Gasteiger partial charge is 0.490 e. The van der Waals surface area contributed by atoms with Gasteiger partial charge in [-0.05, 0) is 31.4 Å². The number of hydrogen-bond acceptors (Lipinski definition) is 4. The maximum atomic E-state index is 5.71. The summed E-state index contributed by atoms with van der Waals surface area (Å²) in [6.45, 7) is 10.6. The highest BCUT2D eigenvalue weighted by atomic mass is 16.5. The summed E-state index contributed by atoms with van der Waals surface area (Å²) in [4.78, 5) is 4.37. The average molecular weight is 266 g/mol. The van der Waals surface area contributed by atoms with Gasteiger partial charge in [-0.15, -0.1) is 0 Å². The lowest BCUT2D eigenvalue weighted by atomic mass is 10.1. The van der Waals surface area contributed by atoms with Gasteiger partial charge in [0.15, 0.2) is 11.6 Å². The Morgan fingerprint density at radius 1 is 1.32 bits per heavy atom. The molecule has 1 heterocycles. The fourth-order valence-corrected chi connectivity index (χ4v) is 1.65. The van der Waals surface area contributed by atoms with Crippen molar-refractivity contribution in [2.24, 2.45) is 5.92 Å². The van der Waals surface area contributed by atoms with Crippen LogP contribution in [-0.4, -0.2) is 30.8 Å². The smallest absolute Gasteiger partial charge is 0.169 e. The van der Waals surface area contributed by atoms with Crippen molar-refractivity contribution in [3.8, 4) is 5.75 Å². The molecule has 0 aliphatic rings. The number of aromatic nitrogens is 1. The van der Waals surface area contributed by atoms with Crippen LogP contribution in [0.5, 0.6) is 5.75 Å². The number of nitrogens with one attached hydrogen (secondary N) is 1. The minimum absolute atomic E-state index is 0.235. The summed E-state index contributed by atoms with van der Waals surface area (Å²) in [6.07, 6.45) is 2.76. The van der Waals surface area contributed by atoms with Gasteiger partial charge in [0.1, 0.15) is 0 Å². The van der Waals surface area contributed by atoms with Crippen molar-refractivity contribution in [3.63, 3.8) is 0 Å². The molecule has 19 heavy (non-hydrogen) atoms. The molecule has 0 aromatic carbocycles. The summed E-state index contributed by atoms with van der Waals surface area (Å²) < 4.78 is 11.2. The lowest BCUT2D eigenvalue weighted by molar-refractivity contribution is 0.126. The third-order valence-corrected chi connectivity index (χ3v) is 2.86. The van der Waals surface area contributed by atoms with Gasteiger partial charge in [0.25, 0.3) is 0 Å². The Balaban J connectivity index is 2.71. The molecule has 0 amide bonds. The van der Waals surface area contributed by atoms with Crippen molar-refractivity contribution in [2.45, 2.75) is 40.2 Å². The number of anilines is 1. The lowest BCUT2D eigenvalue weighted by Gasteiger charge is -2.23. The van der Waals surface area contributed by atoms with Crippen LogP contribution >= 0.6 is 0 Å².